The molecule has 0 radical (unpaired) electrons. The van der Waals surface area contributed by atoms with Gasteiger partial charge >= 0.3 is 5.97 Å². The van der Waals surface area contributed by atoms with E-state index in [-0.39, 0.29) is 12.3 Å². The Morgan fingerprint density at radius 2 is 2.22 bits per heavy atom. The Morgan fingerprint density at radius 3 is 2.94 bits per heavy atom. The molecular weight excluding hydrogens is 232 g/mol. The van der Waals surface area contributed by atoms with Crippen LogP contribution in [0.4, 0.5) is 0 Å². The van der Waals surface area contributed by atoms with Crippen LogP contribution in [0, 0.1) is 11.3 Å². The summed E-state index contributed by atoms with van der Waals surface area (Å²) in [5.41, 5.74) is 1.39. The van der Waals surface area contributed by atoms with Crippen molar-refractivity contribution in [2.45, 2.75) is 6.92 Å². The van der Waals surface area contributed by atoms with Crippen molar-refractivity contribution in [3.63, 3.8) is 0 Å². The molecule has 0 saturated heterocycles. The van der Waals surface area contributed by atoms with Gasteiger partial charge in [-0.05, 0) is 13.0 Å². The van der Waals surface area contributed by atoms with Gasteiger partial charge in [0.25, 0.3) is 0 Å². The molecule has 0 bridgehead atoms. The first-order chi connectivity index (χ1) is 8.77. The number of carbonyl (C=O) groups excluding carboxylic acids is 1. The minimum absolute atomic E-state index is 0.0829. The van der Waals surface area contributed by atoms with E-state index in [2.05, 4.69) is 15.4 Å². The fraction of sp³-hybridized carbons (Fsp3) is 0.167. The second-order valence-corrected chi connectivity index (χ2v) is 3.40. The lowest BCUT2D eigenvalue weighted by molar-refractivity contribution is 0.0520. The fourth-order valence-corrected chi connectivity index (χ4v) is 1.55. The number of nitrogens with zero attached hydrogens (tertiary/aromatic N) is 3. The van der Waals surface area contributed by atoms with Crippen LogP contribution in [-0.2, 0) is 4.74 Å². The standard InChI is InChI=1S/C12H10N4O2/c1-2-18-12(17)11-10(14-16-15-11)9-6-4-3-5-8(9)7-13/h3-6H,2H2,1H3,(H,14,15,16). The number of hydrogen-bond donors (Lipinski definition) is 1. The van der Waals surface area contributed by atoms with E-state index in [1.165, 1.54) is 0 Å². The topological polar surface area (TPSA) is 91.7 Å². The molecule has 90 valence electrons. The third-order valence-electron chi connectivity index (χ3n) is 2.32. The summed E-state index contributed by atoms with van der Waals surface area (Å²) >= 11 is 0. The van der Waals surface area contributed by atoms with Gasteiger partial charge < -0.3 is 4.74 Å². The van der Waals surface area contributed by atoms with Crippen LogP contribution in [0.15, 0.2) is 24.3 Å². The van der Waals surface area contributed by atoms with Gasteiger partial charge in [-0.3, -0.25) is 0 Å². The summed E-state index contributed by atoms with van der Waals surface area (Å²) in [5.74, 6) is -0.561. The second kappa shape index (κ2) is 5.10. The number of benzene rings is 1. The molecule has 0 amide bonds. The molecule has 0 unspecified atom stereocenters. The van der Waals surface area contributed by atoms with Gasteiger partial charge in [-0.15, -0.1) is 5.10 Å². The van der Waals surface area contributed by atoms with E-state index >= 15 is 0 Å². The van der Waals surface area contributed by atoms with Crippen molar-refractivity contribution in [3.05, 3.63) is 35.5 Å². The quantitative estimate of drug-likeness (QED) is 0.824. The molecule has 0 atom stereocenters. The largest absolute Gasteiger partial charge is 0.461 e. The number of H-pyrrole nitrogens is 1. The van der Waals surface area contributed by atoms with Gasteiger partial charge in [-0.25, -0.2) is 4.79 Å². The van der Waals surface area contributed by atoms with Crippen LogP contribution in [0.5, 0.6) is 0 Å². The van der Waals surface area contributed by atoms with Crippen molar-refractivity contribution in [3.8, 4) is 17.3 Å². The van der Waals surface area contributed by atoms with E-state index in [4.69, 9.17) is 10.00 Å². The highest BCUT2D eigenvalue weighted by Gasteiger charge is 2.20. The van der Waals surface area contributed by atoms with Crippen LogP contribution in [0.1, 0.15) is 23.0 Å². The average Bonchev–Trinajstić information content (AvgIpc) is 2.88. The highest BCUT2D eigenvalue weighted by molar-refractivity contribution is 5.94. The molecule has 1 aromatic heterocycles. The Kier molecular flexibility index (Phi) is 3.34. The van der Waals surface area contributed by atoms with Gasteiger partial charge in [0.05, 0.1) is 18.2 Å². The molecular formula is C12H10N4O2. The second-order valence-electron chi connectivity index (χ2n) is 3.40. The molecule has 1 aromatic carbocycles. The SMILES string of the molecule is CCOC(=O)c1n[nH]nc1-c1ccccc1C#N. The normalized spacial score (nSPS) is 9.78. The predicted octanol–water partition coefficient (Wildman–Crippen LogP) is 1.52. The van der Waals surface area contributed by atoms with Crippen LogP contribution in [-0.4, -0.2) is 28.0 Å². The molecule has 1 heterocycles. The molecule has 0 saturated carbocycles. The van der Waals surface area contributed by atoms with Gasteiger partial charge in [0, 0.05) is 5.56 Å². The first kappa shape index (κ1) is 11.8. The van der Waals surface area contributed by atoms with Crippen molar-refractivity contribution in [1.29, 1.82) is 5.26 Å². The Hall–Kier alpha value is -2.68. The van der Waals surface area contributed by atoms with E-state index < -0.39 is 5.97 Å². The zero-order chi connectivity index (χ0) is 13.0. The number of nitriles is 1. The number of rotatable bonds is 3. The van der Waals surface area contributed by atoms with Gasteiger partial charge in [-0.1, -0.05) is 18.2 Å². The molecule has 0 aliphatic carbocycles. The Labute approximate surface area is 103 Å². The van der Waals surface area contributed by atoms with Crippen LogP contribution in [0.2, 0.25) is 0 Å². The predicted molar refractivity (Wildman–Crippen MR) is 62.5 cm³/mol. The molecule has 0 aliphatic rings. The van der Waals surface area contributed by atoms with E-state index in [0.29, 0.717) is 16.8 Å². The van der Waals surface area contributed by atoms with Crippen LogP contribution >= 0.6 is 0 Å². The van der Waals surface area contributed by atoms with Crippen molar-refractivity contribution in [1.82, 2.24) is 15.4 Å². The van der Waals surface area contributed by atoms with Gasteiger partial charge in [0.2, 0.25) is 0 Å². The molecule has 1 N–H and O–H groups in total. The zero-order valence-electron chi connectivity index (χ0n) is 9.67. The number of esters is 1. The first-order valence-electron chi connectivity index (χ1n) is 5.35. The fourth-order valence-electron chi connectivity index (χ4n) is 1.55. The lowest BCUT2D eigenvalue weighted by Gasteiger charge is -2.02. The summed E-state index contributed by atoms with van der Waals surface area (Å²) in [6.45, 7) is 1.96. The maximum absolute atomic E-state index is 11.7. The summed E-state index contributed by atoms with van der Waals surface area (Å²) in [6, 6.07) is 8.91. The summed E-state index contributed by atoms with van der Waals surface area (Å²) in [4.78, 5) is 11.7. The van der Waals surface area contributed by atoms with E-state index in [0.717, 1.165) is 0 Å². The minimum atomic E-state index is -0.561. The smallest absolute Gasteiger partial charge is 0.361 e. The third kappa shape index (κ3) is 2.06. The molecule has 0 aliphatic heterocycles. The van der Waals surface area contributed by atoms with Gasteiger partial charge in [-0.2, -0.15) is 15.6 Å². The van der Waals surface area contributed by atoms with E-state index in [1.54, 1.807) is 31.2 Å². The van der Waals surface area contributed by atoms with Gasteiger partial charge in [0.1, 0.15) is 5.69 Å². The third-order valence-corrected chi connectivity index (χ3v) is 2.32. The minimum Gasteiger partial charge on any atom is -0.461 e. The van der Waals surface area contributed by atoms with Crippen LogP contribution < -0.4 is 0 Å². The number of nitrogens with one attached hydrogen (secondary N) is 1. The van der Waals surface area contributed by atoms with Crippen molar-refractivity contribution in [2.24, 2.45) is 0 Å². The van der Waals surface area contributed by atoms with E-state index in [1.807, 2.05) is 6.07 Å². The maximum Gasteiger partial charge on any atom is 0.361 e. The van der Waals surface area contributed by atoms with Crippen molar-refractivity contribution < 1.29 is 9.53 Å². The highest BCUT2D eigenvalue weighted by atomic mass is 16.5. The molecule has 0 spiro atoms. The number of carbonyl (C=O) groups is 1. The highest BCUT2D eigenvalue weighted by Crippen LogP contribution is 2.23. The monoisotopic (exact) mass is 242 g/mol. The number of aromatic amines is 1. The van der Waals surface area contributed by atoms with Crippen LogP contribution in [0.25, 0.3) is 11.3 Å². The molecule has 2 rings (SSSR count). The zero-order valence-corrected chi connectivity index (χ0v) is 9.67. The summed E-state index contributed by atoms with van der Waals surface area (Å²) in [7, 11) is 0. The van der Waals surface area contributed by atoms with Crippen molar-refractivity contribution >= 4 is 5.97 Å². The van der Waals surface area contributed by atoms with Crippen molar-refractivity contribution in [2.75, 3.05) is 6.61 Å². The maximum atomic E-state index is 11.7. The number of hydrogen-bond acceptors (Lipinski definition) is 5. The van der Waals surface area contributed by atoms with E-state index in [9.17, 15) is 4.79 Å². The molecule has 6 heteroatoms. The average molecular weight is 242 g/mol. The summed E-state index contributed by atoms with van der Waals surface area (Å²) in [6.07, 6.45) is 0. The summed E-state index contributed by atoms with van der Waals surface area (Å²) < 4.78 is 4.88. The lowest BCUT2D eigenvalue weighted by Crippen LogP contribution is -2.07. The lowest BCUT2D eigenvalue weighted by atomic mass is 10.0. The Bertz CT molecular complexity index is 613. The Morgan fingerprint density at radius 1 is 1.44 bits per heavy atom. The Balaban J connectivity index is 2.50. The molecule has 6 nitrogen and oxygen atoms in total. The summed E-state index contributed by atoms with van der Waals surface area (Å²) in [5, 5.41) is 19.1. The number of aromatic nitrogens is 3. The van der Waals surface area contributed by atoms with Crippen LogP contribution in [0.3, 0.4) is 0 Å². The molecule has 0 fully saturated rings. The molecule has 18 heavy (non-hydrogen) atoms. The molecule has 2 aromatic rings. The van der Waals surface area contributed by atoms with Gasteiger partial charge in [0.15, 0.2) is 5.69 Å². The first-order valence-corrected chi connectivity index (χ1v) is 5.35. The number of ether oxygens (including phenoxy) is 1.